The topological polar surface area (TPSA) is 63.8 Å². The smallest absolute Gasteiger partial charge is 0.347 e. The number of ether oxygens (including phenoxy) is 1. The number of nitrogens with zero attached hydrogens (tertiary/aromatic N) is 2. The summed E-state index contributed by atoms with van der Waals surface area (Å²) in [6.45, 7) is 10.1. The van der Waals surface area contributed by atoms with E-state index in [1.165, 1.54) is 25.2 Å². The highest BCUT2D eigenvalue weighted by atomic mass is 32.1. The van der Waals surface area contributed by atoms with Gasteiger partial charge < -0.3 is 9.84 Å². The van der Waals surface area contributed by atoms with Crippen LogP contribution in [0.5, 0.6) is 5.75 Å². The summed E-state index contributed by atoms with van der Waals surface area (Å²) in [5, 5.41) is 9.33. The third kappa shape index (κ3) is 2.82. The maximum absolute atomic E-state index is 11.4. The Hall–Kier alpha value is -2.91. The second-order valence-electron chi connectivity index (χ2n) is 5.71. The van der Waals surface area contributed by atoms with E-state index >= 15 is 0 Å². The Morgan fingerprint density at radius 2 is 1.96 bits per heavy atom. The van der Waals surface area contributed by atoms with Crippen molar-refractivity contribution in [3.63, 3.8) is 0 Å². The summed E-state index contributed by atoms with van der Waals surface area (Å²) in [5.41, 5.74) is 3.24. The molecule has 0 aliphatic heterocycles. The summed E-state index contributed by atoms with van der Waals surface area (Å²) in [4.78, 5) is 19.2. The molecule has 3 aromatic rings. The molecule has 2 aromatic carbocycles. The fourth-order valence-corrected chi connectivity index (χ4v) is 2.98. The second kappa shape index (κ2) is 5.95. The van der Waals surface area contributed by atoms with E-state index in [0.29, 0.717) is 11.4 Å². The summed E-state index contributed by atoms with van der Waals surface area (Å²) in [7, 11) is 0. The minimum atomic E-state index is -1.37. The molecule has 1 aromatic heterocycles. The summed E-state index contributed by atoms with van der Waals surface area (Å²) >= 11 is 1.51. The Morgan fingerprint density at radius 1 is 1.25 bits per heavy atom. The molecule has 1 N–H and O–H groups in total. The van der Waals surface area contributed by atoms with Crippen LogP contribution in [0.25, 0.3) is 26.2 Å². The summed E-state index contributed by atoms with van der Waals surface area (Å²) in [5.74, 6) is -0.591. The van der Waals surface area contributed by atoms with Gasteiger partial charge in [-0.15, -0.1) is 11.3 Å². The lowest BCUT2D eigenvalue weighted by atomic mass is 10.0. The van der Waals surface area contributed by atoms with E-state index in [-0.39, 0.29) is 0 Å². The number of thiazole rings is 1. The molecule has 0 bridgehead atoms. The highest BCUT2D eigenvalue weighted by Gasteiger charge is 2.31. The normalized spacial score (nSPS) is 11.2. The number of fused-ring (bicyclic) bond motifs is 1. The maximum atomic E-state index is 11.4. The first-order chi connectivity index (χ1) is 11.4. The number of aliphatic carboxylic acids is 1. The summed E-state index contributed by atoms with van der Waals surface area (Å²) in [6.07, 6.45) is 0. The van der Waals surface area contributed by atoms with Gasteiger partial charge in [-0.25, -0.2) is 14.6 Å². The van der Waals surface area contributed by atoms with Crippen LogP contribution in [0.15, 0.2) is 41.9 Å². The van der Waals surface area contributed by atoms with Crippen molar-refractivity contribution in [2.75, 3.05) is 0 Å². The fraction of sp³-hybridized carbons (Fsp3) is 0.167. The lowest BCUT2D eigenvalue weighted by Gasteiger charge is -2.23. The maximum Gasteiger partial charge on any atom is 0.347 e. The Labute approximate surface area is 143 Å². The van der Waals surface area contributed by atoms with Gasteiger partial charge in [0, 0.05) is 0 Å². The monoisotopic (exact) mass is 338 g/mol. The van der Waals surface area contributed by atoms with Crippen LogP contribution in [0, 0.1) is 6.57 Å². The minimum Gasteiger partial charge on any atom is -0.478 e. The van der Waals surface area contributed by atoms with Gasteiger partial charge >= 0.3 is 5.97 Å². The molecule has 5 nitrogen and oxygen atoms in total. The molecule has 0 spiro atoms. The van der Waals surface area contributed by atoms with Crippen molar-refractivity contribution in [2.24, 2.45) is 0 Å². The van der Waals surface area contributed by atoms with Crippen LogP contribution in [-0.4, -0.2) is 21.7 Å². The average molecular weight is 338 g/mol. The fourth-order valence-electron chi connectivity index (χ4n) is 2.30. The third-order valence-electron chi connectivity index (χ3n) is 3.63. The lowest BCUT2D eigenvalue weighted by Crippen LogP contribution is -2.38. The van der Waals surface area contributed by atoms with Crippen LogP contribution in [-0.2, 0) is 4.79 Å². The van der Waals surface area contributed by atoms with Crippen molar-refractivity contribution < 1.29 is 14.6 Å². The van der Waals surface area contributed by atoms with Gasteiger partial charge in [-0.05, 0) is 31.5 Å². The van der Waals surface area contributed by atoms with Crippen molar-refractivity contribution in [3.8, 4) is 16.9 Å². The van der Waals surface area contributed by atoms with Gasteiger partial charge in [0.25, 0.3) is 0 Å². The standard InChI is InChI=1S/C18H14N2O3S/c1-18(2,17(21)22)23-13-8-9-14-16(20-10-24-14)15(13)11-4-6-12(19-3)7-5-11/h4-10H,1-2H3,(H,21,22). The van der Waals surface area contributed by atoms with Gasteiger partial charge in [0.15, 0.2) is 11.3 Å². The summed E-state index contributed by atoms with van der Waals surface area (Å²) < 4.78 is 6.77. The van der Waals surface area contributed by atoms with Gasteiger partial charge in [0.05, 0.1) is 27.9 Å². The molecule has 24 heavy (non-hydrogen) atoms. The van der Waals surface area contributed by atoms with E-state index < -0.39 is 11.6 Å². The molecule has 0 aliphatic rings. The molecule has 0 aliphatic carbocycles. The zero-order chi connectivity index (χ0) is 17.3. The predicted octanol–water partition coefficient (Wildman–Crippen LogP) is 4.76. The van der Waals surface area contributed by atoms with E-state index in [2.05, 4.69) is 9.83 Å². The molecule has 0 saturated carbocycles. The van der Waals surface area contributed by atoms with E-state index in [9.17, 15) is 9.90 Å². The SMILES string of the molecule is [C-]#[N+]c1ccc(-c2c(OC(C)(C)C(=O)O)ccc3scnc23)cc1. The minimum absolute atomic E-state index is 0.455. The zero-order valence-corrected chi connectivity index (χ0v) is 13.9. The van der Waals surface area contributed by atoms with Crippen molar-refractivity contribution in [1.82, 2.24) is 4.98 Å². The predicted molar refractivity (Wildman–Crippen MR) is 93.7 cm³/mol. The van der Waals surface area contributed by atoms with Crippen molar-refractivity contribution in [3.05, 3.63) is 53.3 Å². The highest BCUT2D eigenvalue weighted by Crippen LogP contribution is 2.39. The lowest BCUT2D eigenvalue weighted by molar-refractivity contribution is -0.152. The van der Waals surface area contributed by atoms with Crippen molar-refractivity contribution in [2.45, 2.75) is 19.4 Å². The molecule has 0 fully saturated rings. The number of rotatable bonds is 4. The summed E-state index contributed by atoms with van der Waals surface area (Å²) in [6, 6.07) is 10.7. The number of carboxylic acids is 1. The molecule has 0 radical (unpaired) electrons. The van der Waals surface area contributed by atoms with Gasteiger partial charge in [0.2, 0.25) is 0 Å². The Morgan fingerprint density at radius 3 is 2.58 bits per heavy atom. The van der Waals surface area contributed by atoms with Crippen LogP contribution in [0.2, 0.25) is 0 Å². The number of aromatic nitrogens is 1. The van der Waals surface area contributed by atoms with E-state index in [1.54, 1.807) is 23.7 Å². The average Bonchev–Trinajstić information content (AvgIpc) is 3.03. The molecule has 6 heteroatoms. The number of carboxylic acid groups (broad SMARTS) is 1. The first-order valence-electron chi connectivity index (χ1n) is 7.19. The molecule has 3 rings (SSSR count). The molecular formula is C18H14N2O3S. The molecule has 0 unspecified atom stereocenters. The number of hydrogen-bond donors (Lipinski definition) is 1. The molecule has 1 heterocycles. The van der Waals surface area contributed by atoms with Crippen LogP contribution in [0.4, 0.5) is 5.69 Å². The van der Waals surface area contributed by atoms with Crippen LogP contribution in [0.3, 0.4) is 0 Å². The third-order valence-corrected chi connectivity index (χ3v) is 4.42. The van der Waals surface area contributed by atoms with Gasteiger partial charge in [0.1, 0.15) is 5.75 Å². The largest absolute Gasteiger partial charge is 0.478 e. The molecule has 0 saturated heterocycles. The van der Waals surface area contributed by atoms with Crippen LogP contribution < -0.4 is 4.74 Å². The van der Waals surface area contributed by atoms with E-state index in [1.807, 2.05) is 18.2 Å². The second-order valence-corrected chi connectivity index (χ2v) is 6.60. The van der Waals surface area contributed by atoms with Crippen LogP contribution >= 0.6 is 11.3 Å². The zero-order valence-electron chi connectivity index (χ0n) is 13.1. The Balaban J connectivity index is 2.19. The molecular weight excluding hydrogens is 324 g/mol. The number of carbonyl (C=O) groups is 1. The molecule has 0 amide bonds. The molecule has 0 atom stereocenters. The Kier molecular flexibility index (Phi) is 3.96. The first-order valence-corrected chi connectivity index (χ1v) is 8.07. The quantitative estimate of drug-likeness (QED) is 0.697. The number of hydrogen-bond acceptors (Lipinski definition) is 4. The van der Waals surface area contributed by atoms with Gasteiger partial charge in [-0.3, -0.25) is 0 Å². The van der Waals surface area contributed by atoms with Crippen molar-refractivity contribution >= 4 is 33.2 Å². The number of benzene rings is 2. The molecule has 120 valence electrons. The van der Waals surface area contributed by atoms with E-state index in [0.717, 1.165) is 21.3 Å². The first kappa shape index (κ1) is 16.0. The van der Waals surface area contributed by atoms with Crippen LogP contribution in [0.1, 0.15) is 13.8 Å². The van der Waals surface area contributed by atoms with Crippen molar-refractivity contribution in [1.29, 1.82) is 0 Å². The Bertz CT molecular complexity index is 953. The van der Waals surface area contributed by atoms with Gasteiger partial charge in [-0.2, -0.15) is 0 Å². The van der Waals surface area contributed by atoms with Gasteiger partial charge in [-0.1, -0.05) is 24.3 Å². The van der Waals surface area contributed by atoms with E-state index in [4.69, 9.17) is 11.3 Å². The highest BCUT2D eigenvalue weighted by molar-refractivity contribution is 7.16.